The van der Waals surface area contributed by atoms with Crippen molar-refractivity contribution in [3.8, 4) is 0 Å². The van der Waals surface area contributed by atoms with Crippen LogP contribution in [-0.4, -0.2) is 44.7 Å². The van der Waals surface area contributed by atoms with E-state index in [1.54, 1.807) is 0 Å². The molecule has 1 N–H and O–H groups in total. The van der Waals surface area contributed by atoms with Gasteiger partial charge in [-0.1, -0.05) is 6.92 Å². The second kappa shape index (κ2) is 8.86. The van der Waals surface area contributed by atoms with Crippen LogP contribution in [0.4, 0.5) is 0 Å². The van der Waals surface area contributed by atoms with Crippen LogP contribution in [-0.2, 0) is 25.9 Å². The van der Waals surface area contributed by atoms with Gasteiger partial charge < -0.3 is 10.2 Å². The minimum Gasteiger partial charge on any atom is -0.337 e. The summed E-state index contributed by atoms with van der Waals surface area (Å²) in [5.74, 6) is 0.139. The van der Waals surface area contributed by atoms with Crippen LogP contribution in [0.2, 0.25) is 0 Å². The van der Waals surface area contributed by atoms with Crippen LogP contribution >= 0.6 is 0 Å². The third kappa shape index (κ3) is 4.12. The van der Waals surface area contributed by atoms with E-state index in [0.717, 1.165) is 64.7 Å². The van der Waals surface area contributed by atoms with Gasteiger partial charge in [0.15, 0.2) is 5.69 Å². The molecule has 0 saturated carbocycles. The summed E-state index contributed by atoms with van der Waals surface area (Å²) in [7, 11) is 0. The highest BCUT2D eigenvalue weighted by Crippen LogP contribution is 2.27. The number of nitrogens with zero attached hydrogens (tertiary/aromatic N) is 4. The van der Waals surface area contributed by atoms with Gasteiger partial charge in [0.25, 0.3) is 5.91 Å². The van der Waals surface area contributed by atoms with Crippen molar-refractivity contribution >= 4 is 5.91 Å². The molecule has 6 nitrogen and oxygen atoms in total. The second-order valence-electron chi connectivity index (χ2n) is 8.03. The summed E-state index contributed by atoms with van der Waals surface area (Å²) in [4.78, 5) is 19.3. The van der Waals surface area contributed by atoms with Gasteiger partial charge >= 0.3 is 0 Å². The molecule has 1 saturated heterocycles. The highest BCUT2D eigenvalue weighted by atomic mass is 16.2. The van der Waals surface area contributed by atoms with E-state index in [1.807, 2.05) is 29.4 Å². The number of aryl methyl sites for hydroxylation is 1. The molecule has 0 bridgehead atoms. The minimum absolute atomic E-state index is 0.139. The van der Waals surface area contributed by atoms with E-state index in [0.29, 0.717) is 11.7 Å². The van der Waals surface area contributed by atoms with E-state index in [-0.39, 0.29) is 5.91 Å². The van der Waals surface area contributed by atoms with Gasteiger partial charge in [-0.25, -0.2) is 0 Å². The molecule has 0 aromatic carbocycles. The molecular formula is C22H31N5O. The number of rotatable bonds is 6. The molecule has 1 aliphatic carbocycles. The first kappa shape index (κ1) is 19.1. The Morgan fingerprint density at radius 2 is 2.00 bits per heavy atom. The number of carbonyl (C=O) groups excluding carboxylic acids is 1. The molecule has 6 heteroatoms. The first-order valence-corrected chi connectivity index (χ1v) is 10.8. The Morgan fingerprint density at radius 3 is 2.75 bits per heavy atom. The summed E-state index contributed by atoms with van der Waals surface area (Å²) in [5, 5.41) is 8.47. The summed E-state index contributed by atoms with van der Waals surface area (Å²) < 4.78 is 2.10. The van der Waals surface area contributed by atoms with Crippen LogP contribution in [0, 0.1) is 0 Å². The third-order valence-electron chi connectivity index (χ3n) is 5.97. The monoisotopic (exact) mass is 381 g/mol. The molecule has 1 amide bonds. The molecule has 2 aromatic rings. The highest BCUT2D eigenvalue weighted by Gasteiger charge is 2.31. The molecule has 0 spiro atoms. The third-order valence-corrected chi connectivity index (χ3v) is 5.97. The lowest BCUT2D eigenvalue weighted by atomic mass is 9.90. The lowest BCUT2D eigenvalue weighted by Gasteiger charge is -2.28. The summed E-state index contributed by atoms with van der Waals surface area (Å²) in [5.41, 5.74) is 4.42. The SMILES string of the molecule is CCCn1nc(C(=O)N2CCCCC2)c2c1CCC(NCc1ccncc1)C2. The van der Waals surface area contributed by atoms with Gasteiger partial charge in [0.1, 0.15) is 0 Å². The van der Waals surface area contributed by atoms with Crippen LogP contribution in [0.5, 0.6) is 0 Å². The van der Waals surface area contributed by atoms with Crippen molar-refractivity contribution in [1.82, 2.24) is 25.0 Å². The van der Waals surface area contributed by atoms with Crippen molar-refractivity contribution in [3.05, 3.63) is 47.0 Å². The molecule has 1 unspecified atom stereocenters. The van der Waals surface area contributed by atoms with Gasteiger partial charge in [-0.3, -0.25) is 14.5 Å². The molecule has 1 fully saturated rings. The van der Waals surface area contributed by atoms with Gasteiger partial charge in [0.2, 0.25) is 0 Å². The summed E-state index contributed by atoms with van der Waals surface area (Å²) in [6.07, 6.45) is 11.1. The molecule has 3 heterocycles. The Kier molecular flexibility index (Phi) is 6.05. The number of aromatic nitrogens is 3. The van der Waals surface area contributed by atoms with Gasteiger partial charge in [-0.2, -0.15) is 5.10 Å². The summed E-state index contributed by atoms with van der Waals surface area (Å²) >= 11 is 0. The quantitative estimate of drug-likeness (QED) is 0.836. The molecule has 150 valence electrons. The topological polar surface area (TPSA) is 63.1 Å². The molecule has 2 aromatic heterocycles. The largest absolute Gasteiger partial charge is 0.337 e. The fourth-order valence-electron chi connectivity index (χ4n) is 4.44. The standard InChI is InChI=1S/C22H31N5O/c1-2-12-27-20-7-6-18(24-16-17-8-10-23-11-9-17)15-19(20)21(25-27)22(28)26-13-4-3-5-14-26/h8-11,18,24H,2-7,12-16H2,1H3. The van der Waals surface area contributed by atoms with Crippen LogP contribution in [0.1, 0.15) is 66.3 Å². The average molecular weight is 382 g/mol. The molecule has 28 heavy (non-hydrogen) atoms. The maximum Gasteiger partial charge on any atom is 0.274 e. The van der Waals surface area contributed by atoms with E-state index in [4.69, 9.17) is 5.10 Å². The van der Waals surface area contributed by atoms with E-state index in [1.165, 1.54) is 23.2 Å². The molecule has 4 rings (SSSR count). The van der Waals surface area contributed by atoms with E-state index in [9.17, 15) is 4.79 Å². The zero-order valence-electron chi connectivity index (χ0n) is 16.9. The normalized spacial score (nSPS) is 19.5. The Morgan fingerprint density at radius 1 is 1.21 bits per heavy atom. The Balaban J connectivity index is 1.51. The van der Waals surface area contributed by atoms with Crippen LogP contribution in [0.25, 0.3) is 0 Å². The van der Waals surface area contributed by atoms with E-state index < -0.39 is 0 Å². The predicted molar refractivity (Wildman–Crippen MR) is 109 cm³/mol. The van der Waals surface area contributed by atoms with Crippen molar-refractivity contribution in [1.29, 1.82) is 0 Å². The molecule has 1 aliphatic heterocycles. The number of hydrogen-bond donors (Lipinski definition) is 1. The maximum absolute atomic E-state index is 13.2. The summed E-state index contributed by atoms with van der Waals surface area (Å²) in [6.45, 7) is 5.64. The number of likely N-dealkylation sites (tertiary alicyclic amines) is 1. The number of pyridine rings is 1. The van der Waals surface area contributed by atoms with Gasteiger partial charge in [0.05, 0.1) is 0 Å². The number of amides is 1. The van der Waals surface area contributed by atoms with Crippen LogP contribution < -0.4 is 5.32 Å². The van der Waals surface area contributed by atoms with Crippen molar-refractivity contribution in [2.75, 3.05) is 13.1 Å². The Labute approximate surface area is 167 Å². The number of carbonyl (C=O) groups is 1. The lowest BCUT2D eigenvalue weighted by Crippen LogP contribution is -2.38. The van der Waals surface area contributed by atoms with Gasteiger partial charge in [0, 0.05) is 55.9 Å². The Hall–Kier alpha value is -2.21. The number of fused-ring (bicyclic) bond motifs is 1. The first-order valence-electron chi connectivity index (χ1n) is 10.8. The number of nitrogens with one attached hydrogen (secondary N) is 1. The summed E-state index contributed by atoms with van der Waals surface area (Å²) in [6, 6.07) is 4.48. The molecule has 2 aliphatic rings. The fourth-order valence-corrected chi connectivity index (χ4v) is 4.44. The molecule has 1 atom stereocenters. The number of hydrogen-bond acceptors (Lipinski definition) is 4. The van der Waals surface area contributed by atoms with Crippen molar-refractivity contribution in [3.63, 3.8) is 0 Å². The predicted octanol–water partition coefficient (Wildman–Crippen LogP) is 2.96. The average Bonchev–Trinajstić information content (AvgIpc) is 3.11. The minimum atomic E-state index is 0.139. The lowest BCUT2D eigenvalue weighted by molar-refractivity contribution is 0.0716. The molecular weight excluding hydrogens is 350 g/mol. The van der Waals surface area contributed by atoms with Crippen LogP contribution in [0.3, 0.4) is 0 Å². The Bertz CT molecular complexity index is 795. The maximum atomic E-state index is 13.2. The van der Waals surface area contributed by atoms with Gasteiger partial charge in [-0.05, 0) is 62.6 Å². The zero-order valence-corrected chi connectivity index (χ0v) is 16.9. The van der Waals surface area contributed by atoms with Gasteiger partial charge in [-0.15, -0.1) is 0 Å². The van der Waals surface area contributed by atoms with Crippen molar-refractivity contribution in [2.45, 2.75) is 71.0 Å². The fraction of sp³-hybridized carbons (Fsp3) is 0.591. The second-order valence-corrected chi connectivity index (χ2v) is 8.03. The van der Waals surface area contributed by atoms with E-state index >= 15 is 0 Å². The first-order chi connectivity index (χ1) is 13.8. The zero-order chi connectivity index (χ0) is 19.3. The number of piperidine rings is 1. The molecule has 0 radical (unpaired) electrons. The van der Waals surface area contributed by atoms with Crippen molar-refractivity contribution in [2.24, 2.45) is 0 Å². The smallest absolute Gasteiger partial charge is 0.274 e. The van der Waals surface area contributed by atoms with E-state index in [2.05, 4.69) is 21.9 Å². The van der Waals surface area contributed by atoms with Crippen molar-refractivity contribution < 1.29 is 4.79 Å². The highest BCUT2D eigenvalue weighted by molar-refractivity contribution is 5.94. The van der Waals surface area contributed by atoms with Crippen LogP contribution in [0.15, 0.2) is 24.5 Å².